The van der Waals surface area contributed by atoms with E-state index in [4.69, 9.17) is 39.0 Å². The van der Waals surface area contributed by atoms with Crippen LogP contribution in [0.15, 0.2) is 23.8 Å². The number of aromatic amines is 1. The highest BCUT2D eigenvalue weighted by Gasteiger charge is 2.58. The molecule has 2 unspecified atom stereocenters. The monoisotopic (exact) mass is 698 g/mol. The lowest BCUT2D eigenvalue weighted by Crippen LogP contribution is -2.45. The number of anilines is 2. The molecule has 3 aliphatic rings. The van der Waals surface area contributed by atoms with Gasteiger partial charge in [-0.25, -0.2) is 24.5 Å². The number of aromatic nitrogens is 8. The van der Waals surface area contributed by atoms with E-state index < -0.39 is 62.9 Å². The SMILES string of the molecule is CC[C@H]1[C@H](n2cnc3c(N)ncnc32)O[C@]2(CC)CO[PH](=O)O[C@@H]3C[C@@H](COP(=O)(S)O[C@@H]12)O[C@H]3n1cnc2c(=O)[nH]c(N)nc21. The predicted octanol–water partition coefficient (Wildman–Crippen LogP) is 2.36. The van der Waals surface area contributed by atoms with Crippen LogP contribution in [0.25, 0.3) is 22.3 Å². The number of hydrogen-bond acceptors (Lipinski definition) is 16. The Balaban J connectivity index is 1.22. The van der Waals surface area contributed by atoms with E-state index in [1.165, 1.54) is 17.2 Å². The lowest BCUT2D eigenvalue weighted by Gasteiger charge is -2.35. The molecule has 4 aromatic heterocycles. The van der Waals surface area contributed by atoms with E-state index in [-0.39, 0.29) is 42.6 Å². The predicted molar refractivity (Wildman–Crippen MR) is 165 cm³/mol. The highest BCUT2D eigenvalue weighted by molar-refractivity contribution is 8.44. The van der Waals surface area contributed by atoms with E-state index in [0.29, 0.717) is 24.0 Å². The highest BCUT2D eigenvalue weighted by atomic mass is 32.7. The molecular weight excluding hydrogens is 666 g/mol. The molecular formula is C24H32N10O9P2S. The molecule has 0 radical (unpaired) electrons. The molecule has 2 bridgehead atoms. The number of fused-ring (bicyclic) bond motifs is 5. The van der Waals surface area contributed by atoms with Gasteiger partial charge in [0.15, 0.2) is 28.9 Å². The Kier molecular flexibility index (Phi) is 8.22. The van der Waals surface area contributed by atoms with Gasteiger partial charge in [0.1, 0.15) is 35.9 Å². The number of ether oxygens (including phenoxy) is 2. The Morgan fingerprint density at radius 1 is 1.13 bits per heavy atom. The van der Waals surface area contributed by atoms with Gasteiger partial charge in [-0.1, -0.05) is 26.1 Å². The molecule has 7 heterocycles. The number of rotatable bonds is 4. The molecule has 19 nitrogen and oxygen atoms in total. The molecule has 248 valence electrons. The van der Waals surface area contributed by atoms with Crippen LogP contribution in [0, 0.1) is 5.92 Å². The van der Waals surface area contributed by atoms with Crippen molar-refractivity contribution in [1.29, 1.82) is 0 Å². The quantitative estimate of drug-likeness (QED) is 0.176. The zero-order valence-corrected chi connectivity index (χ0v) is 27.4. The lowest BCUT2D eigenvalue weighted by atomic mass is 9.87. The zero-order valence-electron chi connectivity index (χ0n) is 24.6. The van der Waals surface area contributed by atoms with Gasteiger partial charge in [-0.05, 0) is 12.8 Å². The zero-order chi connectivity index (χ0) is 32.4. The van der Waals surface area contributed by atoms with Gasteiger partial charge in [0.05, 0.1) is 32.0 Å². The minimum Gasteiger partial charge on any atom is -0.382 e. The van der Waals surface area contributed by atoms with E-state index in [2.05, 4.69) is 42.2 Å². The van der Waals surface area contributed by atoms with Gasteiger partial charge < -0.3 is 30.0 Å². The van der Waals surface area contributed by atoms with E-state index in [1.807, 2.05) is 13.8 Å². The third kappa shape index (κ3) is 5.44. The van der Waals surface area contributed by atoms with Crippen LogP contribution in [-0.4, -0.2) is 76.2 Å². The fourth-order valence-electron chi connectivity index (χ4n) is 6.34. The summed E-state index contributed by atoms with van der Waals surface area (Å²) in [5, 5.41) is 0. The molecule has 4 aromatic rings. The smallest absolute Gasteiger partial charge is 0.382 e. The molecule has 5 N–H and O–H groups in total. The molecule has 0 saturated carbocycles. The second kappa shape index (κ2) is 11.9. The van der Waals surface area contributed by atoms with Crippen LogP contribution in [0.4, 0.5) is 11.8 Å². The molecule has 3 saturated heterocycles. The summed E-state index contributed by atoms with van der Waals surface area (Å²) in [4.78, 5) is 35.8. The Labute approximate surface area is 266 Å². The fourth-order valence-corrected chi connectivity index (χ4v) is 8.79. The van der Waals surface area contributed by atoms with Gasteiger partial charge in [-0.2, -0.15) is 4.98 Å². The van der Waals surface area contributed by atoms with Crippen molar-refractivity contribution in [3.05, 3.63) is 29.3 Å². The van der Waals surface area contributed by atoms with E-state index in [1.54, 1.807) is 10.9 Å². The maximum absolute atomic E-state index is 13.8. The van der Waals surface area contributed by atoms with Crippen LogP contribution >= 0.6 is 27.3 Å². The first kappa shape index (κ1) is 31.7. The molecule has 0 aromatic carbocycles. The Bertz CT molecular complexity index is 1920. The molecule has 0 spiro atoms. The maximum atomic E-state index is 13.8. The van der Waals surface area contributed by atoms with Gasteiger partial charge in [0.25, 0.3) is 5.56 Å². The number of nitrogens with one attached hydrogen (secondary N) is 1. The van der Waals surface area contributed by atoms with Crippen molar-refractivity contribution >= 4 is 61.4 Å². The second-order valence-electron chi connectivity index (χ2n) is 11.2. The first-order valence-corrected chi connectivity index (χ1v) is 18.4. The molecule has 3 fully saturated rings. The Morgan fingerprint density at radius 3 is 2.65 bits per heavy atom. The summed E-state index contributed by atoms with van der Waals surface area (Å²) in [6.45, 7) is -0.749. The average Bonchev–Trinajstić information content (AvgIpc) is 3.78. The summed E-state index contributed by atoms with van der Waals surface area (Å²) >= 11 is 4.32. The van der Waals surface area contributed by atoms with Crippen LogP contribution < -0.4 is 17.0 Å². The Morgan fingerprint density at radius 2 is 1.89 bits per heavy atom. The van der Waals surface area contributed by atoms with Crippen LogP contribution in [0.5, 0.6) is 0 Å². The number of H-pyrrole nitrogens is 1. The highest BCUT2D eigenvalue weighted by Crippen LogP contribution is 2.60. The van der Waals surface area contributed by atoms with E-state index in [0.717, 1.165) is 0 Å². The van der Waals surface area contributed by atoms with Crippen molar-refractivity contribution in [1.82, 2.24) is 39.0 Å². The number of nitrogens with two attached hydrogens (primary N) is 2. The molecule has 0 aliphatic carbocycles. The van der Waals surface area contributed by atoms with Crippen molar-refractivity contribution in [3.8, 4) is 0 Å². The molecule has 46 heavy (non-hydrogen) atoms. The normalized spacial score (nSPS) is 35.5. The van der Waals surface area contributed by atoms with Gasteiger partial charge in [0.2, 0.25) is 5.95 Å². The number of nitrogens with zero attached hydrogens (tertiary/aromatic N) is 7. The Hall–Kier alpha value is -2.93. The number of nitrogen functional groups attached to an aromatic ring is 2. The van der Waals surface area contributed by atoms with Crippen molar-refractivity contribution in [2.75, 3.05) is 24.7 Å². The van der Waals surface area contributed by atoms with Crippen molar-refractivity contribution in [2.45, 2.75) is 69.5 Å². The van der Waals surface area contributed by atoms with Gasteiger partial charge >= 0.3 is 15.1 Å². The van der Waals surface area contributed by atoms with Crippen LogP contribution in [0.3, 0.4) is 0 Å². The number of hydrogen-bond donors (Lipinski definition) is 4. The average molecular weight is 699 g/mol. The lowest BCUT2D eigenvalue weighted by molar-refractivity contribution is -0.122. The van der Waals surface area contributed by atoms with Crippen molar-refractivity contribution < 1.29 is 36.7 Å². The molecule has 22 heteroatoms. The van der Waals surface area contributed by atoms with Crippen molar-refractivity contribution in [2.24, 2.45) is 5.92 Å². The molecule has 3 aliphatic heterocycles. The maximum Gasteiger partial charge on any atom is 0.386 e. The van der Waals surface area contributed by atoms with Crippen LogP contribution in [0.2, 0.25) is 0 Å². The third-order valence-electron chi connectivity index (χ3n) is 8.58. The third-order valence-corrected chi connectivity index (χ3v) is 11.1. The summed E-state index contributed by atoms with van der Waals surface area (Å²) in [6.07, 6.45) is 1.04. The first-order chi connectivity index (χ1) is 22.0. The summed E-state index contributed by atoms with van der Waals surface area (Å²) in [5.41, 5.74) is 11.0. The summed E-state index contributed by atoms with van der Waals surface area (Å²) in [7, 11) is -3.20. The minimum atomic E-state index is -4.06. The van der Waals surface area contributed by atoms with E-state index >= 15 is 0 Å². The summed E-state index contributed by atoms with van der Waals surface area (Å²) in [6, 6.07) is 0. The van der Waals surface area contributed by atoms with E-state index in [9.17, 15) is 13.9 Å². The standard InChI is InChI=1S/C24H32N10O9P2S/c1-3-12-16-24(4-2,41-21(12)33-9-29-14-17(25)27-8-28-18(14)33)7-38-44(36)42-13-5-11(6-39-45(37,46)43-16)40-22(13)34-10-30-15-19(34)31-23(26)32-20(15)35/h8-13,16,21-22,44H,3-7H2,1-2H3,(H,37,46)(H2,25,27,28)(H3,26,31,32,35)/t11-,12+,13+,16-,21+,22+,24+,45?/m0/s1. The second-order valence-corrected chi connectivity index (χ2v) is 15.1. The fraction of sp³-hybridized carbons (Fsp3) is 0.583. The first-order valence-electron chi connectivity index (χ1n) is 14.5. The molecule has 9 atom stereocenters. The van der Waals surface area contributed by atoms with Gasteiger partial charge in [-0.3, -0.25) is 32.5 Å². The number of imidazole rings is 2. The van der Waals surface area contributed by atoms with Crippen LogP contribution in [-0.2, 0) is 36.7 Å². The van der Waals surface area contributed by atoms with Crippen molar-refractivity contribution in [3.63, 3.8) is 0 Å². The largest absolute Gasteiger partial charge is 0.386 e. The van der Waals surface area contributed by atoms with Crippen LogP contribution in [0.1, 0.15) is 45.6 Å². The van der Waals surface area contributed by atoms with Gasteiger partial charge in [-0.15, -0.1) is 0 Å². The minimum absolute atomic E-state index is 0.0250. The van der Waals surface area contributed by atoms with Gasteiger partial charge in [0, 0.05) is 12.3 Å². The molecule has 0 amide bonds. The molecule has 7 rings (SSSR count). The summed E-state index contributed by atoms with van der Waals surface area (Å²) in [5.74, 6) is -0.346. The topological polar surface area (TPSA) is 249 Å². The summed E-state index contributed by atoms with van der Waals surface area (Å²) < 4.78 is 67.0. The number of thiol groups is 1.